The van der Waals surface area contributed by atoms with Gasteiger partial charge in [0.05, 0.1) is 33.6 Å². The molecule has 0 unspecified atom stereocenters. The number of benzene rings is 2. The van der Waals surface area contributed by atoms with Crippen molar-refractivity contribution in [2.45, 2.75) is 66.1 Å². The van der Waals surface area contributed by atoms with Gasteiger partial charge in [-0.05, 0) is 100 Å². The molecule has 14 nitrogen and oxygen atoms in total. The van der Waals surface area contributed by atoms with Crippen molar-refractivity contribution < 1.29 is 60.8 Å². The highest BCUT2D eigenvalue weighted by atomic mass is 79.9. The van der Waals surface area contributed by atoms with Crippen LogP contribution in [0.4, 0.5) is 37.8 Å². The molecule has 3 heterocycles. The SMILES string of the molecule is Cc1cc(Oc2c(F)cccc2F)ncc1-n1ncc(C(=O)c2cc3cc(OCC(F)F)c(Br)cc3n2C(=O)O)c1N(C(=O)OC(C)(C)C)C(=O)OC(C)(C)C. The molecule has 0 saturated heterocycles. The maximum atomic E-state index is 14.6. The van der Waals surface area contributed by atoms with E-state index in [4.69, 9.17) is 18.9 Å². The first-order chi connectivity index (χ1) is 26.1. The third-order valence-electron chi connectivity index (χ3n) is 7.41. The molecule has 296 valence electrons. The summed E-state index contributed by atoms with van der Waals surface area (Å²) in [6.07, 6.45) is -4.97. The number of nitrogens with zero attached hydrogens (tertiary/aromatic N) is 5. The summed E-state index contributed by atoms with van der Waals surface area (Å²) in [6.45, 7) is 9.68. The van der Waals surface area contributed by atoms with Gasteiger partial charge in [0.2, 0.25) is 17.4 Å². The van der Waals surface area contributed by atoms with Crippen LogP contribution in [0.2, 0.25) is 0 Å². The molecule has 1 N–H and O–H groups in total. The fourth-order valence-corrected chi connectivity index (χ4v) is 5.67. The fraction of sp³-hybridized carbons (Fsp3) is 0.297. The van der Waals surface area contributed by atoms with Crippen molar-refractivity contribution in [3.63, 3.8) is 0 Å². The molecule has 0 spiro atoms. The molecular formula is C37H34BrF4N5O9. The van der Waals surface area contributed by atoms with Gasteiger partial charge in [0.1, 0.15) is 29.3 Å². The number of rotatable bonds is 9. The Bertz CT molecular complexity index is 2320. The molecule has 2 amide bonds. The molecule has 2 aromatic carbocycles. The molecule has 0 aliphatic heterocycles. The summed E-state index contributed by atoms with van der Waals surface area (Å²) >= 11 is 3.18. The lowest BCUT2D eigenvalue weighted by Gasteiger charge is -2.29. The van der Waals surface area contributed by atoms with Crippen molar-refractivity contribution in [3.05, 3.63) is 87.8 Å². The summed E-state index contributed by atoms with van der Waals surface area (Å²) < 4.78 is 77.9. The van der Waals surface area contributed by atoms with E-state index >= 15 is 0 Å². The molecule has 0 bridgehead atoms. The van der Waals surface area contributed by atoms with Gasteiger partial charge in [-0.2, -0.15) is 10.00 Å². The van der Waals surface area contributed by atoms with Gasteiger partial charge in [0.15, 0.2) is 17.5 Å². The summed E-state index contributed by atoms with van der Waals surface area (Å²) in [5, 5.41) is 14.7. The number of carboxylic acid groups (broad SMARTS) is 1. The number of alkyl halides is 2. The molecule has 0 aliphatic rings. The van der Waals surface area contributed by atoms with Crippen molar-refractivity contribution >= 4 is 56.7 Å². The fourth-order valence-electron chi connectivity index (χ4n) is 5.23. The maximum Gasteiger partial charge on any atom is 0.425 e. The molecule has 0 radical (unpaired) electrons. The monoisotopic (exact) mass is 847 g/mol. The van der Waals surface area contributed by atoms with Gasteiger partial charge in [-0.3, -0.25) is 4.79 Å². The highest BCUT2D eigenvalue weighted by Crippen LogP contribution is 2.36. The Morgan fingerprint density at radius 2 is 1.54 bits per heavy atom. The largest absolute Gasteiger partial charge is 0.486 e. The summed E-state index contributed by atoms with van der Waals surface area (Å²) in [5.74, 6) is -4.70. The smallest absolute Gasteiger partial charge is 0.425 e. The van der Waals surface area contributed by atoms with E-state index in [1.54, 1.807) is 0 Å². The van der Waals surface area contributed by atoms with E-state index in [-0.39, 0.29) is 38.3 Å². The number of carbonyl (C=O) groups is 4. The number of ketones is 1. The van der Waals surface area contributed by atoms with Crippen molar-refractivity contribution in [2.24, 2.45) is 0 Å². The minimum Gasteiger partial charge on any atom is -0.486 e. The number of hydrogen-bond acceptors (Lipinski definition) is 10. The van der Waals surface area contributed by atoms with Gasteiger partial charge in [0, 0.05) is 11.5 Å². The first-order valence-corrected chi connectivity index (χ1v) is 17.3. The number of ether oxygens (including phenoxy) is 4. The van der Waals surface area contributed by atoms with Crippen LogP contribution in [0.5, 0.6) is 17.4 Å². The minimum absolute atomic E-state index is 0.0149. The molecule has 0 saturated carbocycles. The minimum atomic E-state index is -2.82. The molecule has 56 heavy (non-hydrogen) atoms. The number of amides is 2. The van der Waals surface area contributed by atoms with E-state index in [2.05, 4.69) is 26.0 Å². The Morgan fingerprint density at radius 3 is 2.07 bits per heavy atom. The maximum absolute atomic E-state index is 14.6. The predicted octanol–water partition coefficient (Wildman–Crippen LogP) is 9.44. The zero-order valence-electron chi connectivity index (χ0n) is 30.8. The Hall–Kier alpha value is -5.98. The van der Waals surface area contributed by atoms with E-state index in [9.17, 15) is 41.8 Å². The zero-order chi connectivity index (χ0) is 41.4. The summed E-state index contributed by atoms with van der Waals surface area (Å²) in [4.78, 5) is 59.7. The Kier molecular flexibility index (Phi) is 11.5. The van der Waals surface area contributed by atoms with Crippen LogP contribution in [0.15, 0.2) is 59.3 Å². The van der Waals surface area contributed by atoms with Crippen LogP contribution >= 0.6 is 15.9 Å². The number of anilines is 1. The van der Waals surface area contributed by atoms with Gasteiger partial charge in [0.25, 0.3) is 6.43 Å². The van der Waals surface area contributed by atoms with Crippen LogP contribution < -0.4 is 14.4 Å². The number of fused-ring (bicyclic) bond motifs is 1. The normalized spacial score (nSPS) is 11.8. The van der Waals surface area contributed by atoms with Crippen molar-refractivity contribution in [1.29, 1.82) is 0 Å². The number of carbonyl (C=O) groups excluding carboxylic acids is 3. The standard InChI is InChI=1S/C37H34BrF4N5O9/c1-18-11-29(54-31-22(39)9-8-10-23(31)40)43-16-26(18)47-32(46(34(51)55-36(2,3)4)35(52)56-37(5,6)7)20(15-44-47)30(48)25-12-19-13-27(53-17-28(41)42)21(38)14-24(19)45(25)33(49)50/h8-16,28H,17H2,1-7H3,(H,49,50). The summed E-state index contributed by atoms with van der Waals surface area (Å²) in [5.41, 5.74) is -3.20. The average Bonchev–Trinajstić information content (AvgIpc) is 3.65. The van der Waals surface area contributed by atoms with Gasteiger partial charge in [-0.1, -0.05) is 6.07 Å². The van der Waals surface area contributed by atoms with Crippen LogP contribution in [-0.2, 0) is 9.47 Å². The van der Waals surface area contributed by atoms with Crippen LogP contribution in [0, 0.1) is 18.6 Å². The first kappa shape index (κ1) is 41.2. The highest BCUT2D eigenvalue weighted by molar-refractivity contribution is 9.10. The number of aryl methyl sites for hydroxylation is 1. The van der Waals surface area contributed by atoms with E-state index in [0.29, 0.717) is 9.47 Å². The number of para-hydroxylation sites is 1. The summed E-state index contributed by atoms with van der Waals surface area (Å²) in [7, 11) is 0. The second-order valence-electron chi connectivity index (χ2n) is 14.1. The lowest BCUT2D eigenvalue weighted by Crippen LogP contribution is -2.45. The van der Waals surface area contributed by atoms with E-state index in [1.807, 2.05) is 0 Å². The van der Waals surface area contributed by atoms with E-state index in [1.165, 1.54) is 66.7 Å². The van der Waals surface area contributed by atoms with Gasteiger partial charge in [-0.25, -0.2) is 46.2 Å². The number of pyridine rings is 1. The number of imide groups is 1. The average molecular weight is 849 g/mol. The number of aromatic nitrogens is 4. The van der Waals surface area contributed by atoms with Crippen molar-refractivity contribution in [3.8, 4) is 23.1 Å². The molecule has 19 heteroatoms. The molecule has 0 fully saturated rings. The van der Waals surface area contributed by atoms with E-state index in [0.717, 1.165) is 41.3 Å². The molecule has 5 aromatic rings. The quantitative estimate of drug-likeness (QED) is 0.111. The van der Waals surface area contributed by atoms with Crippen LogP contribution in [0.1, 0.15) is 63.2 Å². The van der Waals surface area contributed by atoms with Gasteiger partial charge >= 0.3 is 18.3 Å². The van der Waals surface area contributed by atoms with Gasteiger partial charge < -0.3 is 24.1 Å². The van der Waals surface area contributed by atoms with Crippen LogP contribution in [0.25, 0.3) is 16.6 Å². The first-order valence-electron chi connectivity index (χ1n) is 16.5. The zero-order valence-corrected chi connectivity index (χ0v) is 32.4. The molecule has 0 aliphatic carbocycles. The molecule has 5 rings (SSSR count). The second kappa shape index (κ2) is 15.6. The van der Waals surface area contributed by atoms with Gasteiger partial charge in [-0.15, -0.1) is 0 Å². The lowest BCUT2D eigenvalue weighted by molar-refractivity contribution is 0.0427. The molecular weight excluding hydrogens is 814 g/mol. The topological polar surface area (TPSA) is 164 Å². The Balaban J connectivity index is 1.74. The summed E-state index contributed by atoms with van der Waals surface area (Å²) in [6, 6.07) is 8.05. The van der Waals surface area contributed by atoms with Crippen LogP contribution in [0.3, 0.4) is 0 Å². The predicted molar refractivity (Wildman–Crippen MR) is 195 cm³/mol. The lowest BCUT2D eigenvalue weighted by atomic mass is 10.1. The Morgan fingerprint density at radius 1 is 0.929 bits per heavy atom. The number of halogens is 5. The molecule has 3 aromatic heterocycles. The third kappa shape index (κ3) is 8.93. The van der Waals surface area contributed by atoms with Crippen molar-refractivity contribution in [1.82, 2.24) is 19.3 Å². The number of hydrogen-bond donors (Lipinski definition) is 1. The Labute approximate surface area is 324 Å². The van der Waals surface area contributed by atoms with Crippen molar-refractivity contribution in [2.75, 3.05) is 11.5 Å². The molecule has 0 atom stereocenters. The highest BCUT2D eigenvalue weighted by Gasteiger charge is 2.39. The van der Waals surface area contributed by atoms with Crippen LogP contribution in [-0.4, -0.2) is 72.7 Å². The third-order valence-corrected chi connectivity index (χ3v) is 8.03. The van der Waals surface area contributed by atoms with E-state index < -0.39 is 82.8 Å². The second-order valence-corrected chi connectivity index (χ2v) is 14.9.